The highest BCUT2D eigenvalue weighted by Crippen LogP contribution is 2.20. The molecule has 0 aliphatic heterocycles. The quantitative estimate of drug-likeness (QED) is 0.810. The normalized spacial score (nSPS) is 13.1. The summed E-state index contributed by atoms with van der Waals surface area (Å²) in [5.41, 5.74) is 2.09. The summed E-state index contributed by atoms with van der Waals surface area (Å²) in [5, 5.41) is 13.4. The zero-order valence-electron chi connectivity index (χ0n) is 9.44. The van der Waals surface area contributed by atoms with Crippen molar-refractivity contribution in [2.45, 2.75) is 13.5 Å². The van der Waals surface area contributed by atoms with Crippen LogP contribution in [0.2, 0.25) is 0 Å². The van der Waals surface area contributed by atoms with E-state index in [-0.39, 0.29) is 12.5 Å². The Hall–Kier alpha value is -1.32. The summed E-state index contributed by atoms with van der Waals surface area (Å²) in [6, 6.07) is 8.01. The Balaban J connectivity index is 1.99. The Kier molecular flexibility index (Phi) is 3.59. The highest BCUT2D eigenvalue weighted by atomic mass is 16.3. The average molecular weight is 219 g/mol. The van der Waals surface area contributed by atoms with E-state index in [0.29, 0.717) is 0 Å². The molecule has 1 unspecified atom stereocenters. The highest BCUT2D eigenvalue weighted by Gasteiger charge is 2.05. The third kappa shape index (κ3) is 2.43. The van der Waals surface area contributed by atoms with Gasteiger partial charge in [0.15, 0.2) is 0 Å². The van der Waals surface area contributed by atoms with E-state index >= 15 is 0 Å². The molecule has 86 valence electrons. The van der Waals surface area contributed by atoms with Gasteiger partial charge in [0.1, 0.15) is 5.58 Å². The van der Waals surface area contributed by atoms with Crippen molar-refractivity contribution in [3.8, 4) is 0 Å². The van der Waals surface area contributed by atoms with Crippen molar-refractivity contribution in [1.29, 1.82) is 0 Å². The molecule has 0 aliphatic rings. The van der Waals surface area contributed by atoms with E-state index in [2.05, 4.69) is 11.4 Å². The van der Waals surface area contributed by atoms with Crippen LogP contribution in [0.1, 0.15) is 12.5 Å². The molecule has 0 saturated carbocycles. The lowest BCUT2D eigenvalue weighted by Gasteiger charge is -2.08. The smallest absolute Gasteiger partial charge is 0.134 e. The van der Waals surface area contributed by atoms with Crippen LogP contribution in [0.4, 0.5) is 0 Å². The summed E-state index contributed by atoms with van der Waals surface area (Å²) >= 11 is 0. The first-order valence-corrected chi connectivity index (χ1v) is 5.58. The third-order valence-electron chi connectivity index (χ3n) is 2.68. The van der Waals surface area contributed by atoms with Crippen LogP contribution >= 0.6 is 0 Å². The van der Waals surface area contributed by atoms with Gasteiger partial charge in [-0.1, -0.05) is 25.1 Å². The van der Waals surface area contributed by atoms with Crippen LogP contribution in [0.15, 0.2) is 34.9 Å². The van der Waals surface area contributed by atoms with Crippen LogP contribution in [-0.4, -0.2) is 18.3 Å². The predicted octanol–water partition coefficient (Wildman–Crippen LogP) is 2.15. The van der Waals surface area contributed by atoms with Crippen molar-refractivity contribution in [2.24, 2.45) is 5.92 Å². The SMILES string of the molecule is CC(CO)CNCc1coc2ccccc12. The second-order valence-electron chi connectivity index (χ2n) is 4.18. The second-order valence-corrected chi connectivity index (χ2v) is 4.18. The fraction of sp³-hybridized carbons (Fsp3) is 0.385. The topological polar surface area (TPSA) is 45.4 Å². The maximum absolute atomic E-state index is 8.91. The maximum Gasteiger partial charge on any atom is 0.134 e. The first-order valence-electron chi connectivity index (χ1n) is 5.58. The Morgan fingerprint density at radius 2 is 2.19 bits per heavy atom. The molecule has 2 N–H and O–H groups in total. The van der Waals surface area contributed by atoms with Crippen LogP contribution in [0.25, 0.3) is 11.0 Å². The van der Waals surface area contributed by atoms with E-state index < -0.39 is 0 Å². The van der Waals surface area contributed by atoms with Crippen LogP contribution in [0, 0.1) is 5.92 Å². The Morgan fingerprint density at radius 1 is 1.38 bits per heavy atom. The van der Waals surface area contributed by atoms with E-state index in [1.54, 1.807) is 6.26 Å². The number of fused-ring (bicyclic) bond motifs is 1. The minimum absolute atomic E-state index is 0.221. The highest BCUT2D eigenvalue weighted by molar-refractivity contribution is 5.80. The van der Waals surface area contributed by atoms with Gasteiger partial charge in [0.05, 0.1) is 6.26 Å². The van der Waals surface area contributed by atoms with Crippen molar-refractivity contribution in [1.82, 2.24) is 5.32 Å². The second kappa shape index (κ2) is 5.14. The lowest BCUT2D eigenvalue weighted by molar-refractivity contribution is 0.233. The van der Waals surface area contributed by atoms with E-state index in [9.17, 15) is 0 Å². The molecule has 0 aliphatic carbocycles. The van der Waals surface area contributed by atoms with Crippen molar-refractivity contribution >= 4 is 11.0 Å². The Morgan fingerprint density at radius 3 is 3.00 bits per heavy atom. The summed E-state index contributed by atoms with van der Waals surface area (Å²) in [5.74, 6) is 0.290. The van der Waals surface area contributed by atoms with Gasteiger partial charge >= 0.3 is 0 Å². The summed E-state index contributed by atoms with van der Waals surface area (Å²) in [4.78, 5) is 0. The molecule has 1 atom stereocenters. The number of nitrogens with one attached hydrogen (secondary N) is 1. The molecule has 1 heterocycles. The van der Waals surface area contributed by atoms with Crippen LogP contribution in [-0.2, 0) is 6.54 Å². The maximum atomic E-state index is 8.91. The molecule has 3 nitrogen and oxygen atoms in total. The lowest BCUT2D eigenvalue weighted by atomic mass is 10.1. The summed E-state index contributed by atoms with van der Waals surface area (Å²) in [6.45, 7) is 3.83. The molecule has 0 fully saturated rings. The van der Waals surface area contributed by atoms with Crippen molar-refractivity contribution in [3.63, 3.8) is 0 Å². The predicted molar refractivity (Wildman–Crippen MR) is 64.2 cm³/mol. The standard InChI is InChI=1S/C13H17NO2/c1-10(8-15)6-14-7-11-9-16-13-5-3-2-4-12(11)13/h2-5,9-10,14-15H,6-8H2,1H3. The van der Waals surface area contributed by atoms with Crippen LogP contribution < -0.4 is 5.32 Å². The van der Waals surface area contributed by atoms with Gasteiger partial charge in [-0.2, -0.15) is 0 Å². The number of rotatable bonds is 5. The lowest BCUT2D eigenvalue weighted by Crippen LogP contribution is -2.22. The fourth-order valence-corrected chi connectivity index (χ4v) is 1.69. The van der Waals surface area contributed by atoms with Gasteiger partial charge in [-0.15, -0.1) is 0 Å². The van der Waals surface area contributed by atoms with Crippen LogP contribution in [0.3, 0.4) is 0 Å². The molecule has 0 saturated heterocycles. The number of aliphatic hydroxyl groups is 1. The number of benzene rings is 1. The molecular weight excluding hydrogens is 202 g/mol. The molecule has 0 bridgehead atoms. The van der Waals surface area contributed by atoms with E-state index in [1.807, 2.05) is 25.1 Å². The number of aliphatic hydroxyl groups excluding tert-OH is 1. The number of hydrogen-bond acceptors (Lipinski definition) is 3. The zero-order valence-corrected chi connectivity index (χ0v) is 9.44. The third-order valence-corrected chi connectivity index (χ3v) is 2.68. The van der Waals surface area contributed by atoms with Gasteiger partial charge in [-0.25, -0.2) is 0 Å². The molecule has 2 aromatic rings. The van der Waals surface area contributed by atoms with E-state index in [1.165, 1.54) is 5.56 Å². The van der Waals surface area contributed by atoms with E-state index in [4.69, 9.17) is 9.52 Å². The molecule has 16 heavy (non-hydrogen) atoms. The van der Waals surface area contributed by atoms with Crippen molar-refractivity contribution in [3.05, 3.63) is 36.1 Å². The number of furan rings is 1. The first-order chi connectivity index (χ1) is 7.81. The first kappa shape index (κ1) is 11.2. The van der Waals surface area contributed by atoms with Gasteiger partial charge in [-0.3, -0.25) is 0 Å². The average Bonchev–Trinajstić information content (AvgIpc) is 2.73. The summed E-state index contributed by atoms with van der Waals surface area (Å²) in [6.07, 6.45) is 1.79. The fourth-order valence-electron chi connectivity index (χ4n) is 1.69. The molecular formula is C13H17NO2. The molecule has 2 rings (SSSR count). The zero-order chi connectivity index (χ0) is 11.4. The van der Waals surface area contributed by atoms with E-state index in [0.717, 1.165) is 24.1 Å². The van der Waals surface area contributed by atoms with Crippen LogP contribution in [0.5, 0.6) is 0 Å². The Labute approximate surface area is 95.1 Å². The van der Waals surface area contributed by atoms with Crippen molar-refractivity contribution < 1.29 is 9.52 Å². The summed E-state index contributed by atoms with van der Waals surface area (Å²) < 4.78 is 5.44. The number of hydrogen-bond donors (Lipinski definition) is 2. The molecule has 3 heteroatoms. The molecule has 1 aromatic carbocycles. The molecule has 0 spiro atoms. The molecule has 1 aromatic heterocycles. The Bertz CT molecular complexity index is 450. The minimum atomic E-state index is 0.221. The van der Waals surface area contributed by atoms with Gasteiger partial charge in [0.2, 0.25) is 0 Å². The van der Waals surface area contributed by atoms with Crippen molar-refractivity contribution in [2.75, 3.05) is 13.2 Å². The number of para-hydroxylation sites is 1. The van der Waals surface area contributed by atoms with Gasteiger partial charge in [0.25, 0.3) is 0 Å². The molecule has 0 radical (unpaired) electrons. The van der Waals surface area contributed by atoms with Gasteiger partial charge < -0.3 is 14.8 Å². The summed E-state index contributed by atoms with van der Waals surface area (Å²) in [7, 11) is 0. The molecule has 0 amide bonds. The monoisotopic (exact) mass is 219 g/mol. The van der Waals surface area contributed by atoms with Gasteiger partial charge in [-0.05, 0) is 12.0 Å². The minimum Gasteiger partial charge on any atom is -0.464 e. The van der Waals surface area contributed by atoms with Gasteiger partial charge in [0, 0.05) is 30.6 Å². The largest absolute Gasteiger partial charge is 0.464 e.